The van der Waals surface area contributed by atoms with E-state index in [0.717, 1.165) is 35.1 Å². The molecule has 0 bridgehead atoms. The number of nitriles is 1. The van der Waals surface area contributed by atoms with Gasteiger partial charge in [0.15, 0.2) is 0 Å². The van der Waals surface area contributed by atoms with Gasteiger partial charge in [0, 0.05) is 23.3 Å². The van der Waals surface area contributed by atoms with Crippen LogP contribution < -0.4 is 0 Å². The van der Waals surface area contributed by atoms with Crippen molar-refractivity contribution in [1.29, 1.82) is 5.26 Å². The Labute approximate surface area is 121 Å². The van der Waals surface area contributed by atoms with E-state index in [-0.39, 0.29) is 11.5 Å². The first-order chi connectivity index (χ1) is 10.2. The Kier molecular flexibility index (Phi) is 2.39. The van der Waals surface area contributed by atoms with Crippen LogP contribution in [-0.2, 0) is 0 Å². The van der Waals surface area contributed by atoms with E-state index in [1.807, 2.05) is 23.1 Å². The molecule has 21 heavy (non-hydrogen) atoms. The zero-order valence-electron chi connectivity index (χ0n) is 11.6. The number of nitrogens with zero attached hydrogens (tertiary/aromatic N) is 5. The molecule has 1 aliphatic carbocycles. The number of H-pyrrole nitrogens is 1. The minimum absolute atomic E-state index is 0.0832. The third-order valence-electron chi connectivity index (χ3n) is 4.44. The van der Waals surface area contributed by atoms with Gasteiger partial charge in [-0.2, -0.15) is 10.4 Å². The molecular formula is C15H14N6. The van der Waals surface area contributed by atoms with Gasteiger partial charge in [-0.3, -0.25) is 4.68 Å². The van der Waals surface area contributed by atoms with E-state index in [2.05, 4.69) is 33.0 Å². The number of hydrogen-bond donors (Lipinski definition) is 1. The van der Waals surface area contributed by atoms with Gasteiger partial charge in [0.2, 0.25) is 0 Å². The third-order valence-corrected chi connectivity index (χ3v) is 4.44. The molecule has 3 heterocycles. The number of nitrogens with one attached hydrogen (secondary N) is 1. The van der Waals surface area contributed by atoms with Crippen molar-refractivity contribution in [2.75, 3.05) is 0 Å². The lowest BCUT2D eigenvalue weighted by Gasteiger charge is -2.16. The van der Waals surface area contributed by atoms with Crippen LogP contribution in [0.3, 0.4) is 0 Å². The monoisotopic (exact) mass is 278 g/mol. The van der Waals surface area contributed by atoms with Crippen molar-refractivity contribution in [1.82, 2.24) is 24.7 Å². The van der Waals surface area contributed by atoms with Crippen LogP contribution in [0.25, 0.3) is 22.3 Å². The quantitative estimate of drug-likeness (QED) is 0.798. The first-order valence-electron chi connectivity index (χ1n) is 6.97. The molecule has 1 N–H and O–H groups in total. The highest BCUT2D eigenvalue weighted by molar-refractivity contribution is 5.89. The second-order valence-corrected chi connectivity index (χ2v) is 5.62. The van der Waals surface area contributed by atoms with E-state index in [9.17, 15) is 5.26 Å². The summed E-state index contributed by atoms with van der Waals surface area (Å²) in [5, 5.41) is 14.7. The molecule has 4 rings (SSSR count). The summed E-state index contributed by atoms with van der Waals surface area (Å²) in [5.74, 6) is 0. The van der Waals surface area contributed by atoms with Gasteiger partial charge in [-0.1, -0.05) is 0 Å². The average Bonchev–Trinajstić information content (AvgIpc) is 2.95. The molecule has 0 saturated heterocycles. The van der Waals surface area contributed by atoms with Crippen molar-refractivity contribution in [3.63, 3.8) is 0 Å². The zero-order valence-corrected chi connectivity index (χ0v) is 11.6. The van der Waals surface area contributed by atoms with Crippen LogP contribution in [0.1, 0.15) is 25.8 Å². The summed E-state index contributed by atoms with van der Waals surface area (Å²) in [4.78, 5) is 11.6. The highest BCUT2D eigenvalue weighted by Crippen LogP contribution is 2.53. The lowest BCUT2D eigenvalue weighted by molar-refractivity contribution is 0.374. The minimum Gasteiger partial charge on any atom is -0.346 e. The minimum atomic E-state index is -0.238. The molecule has 0 radical (unpaired) electrons. The number of aromatic nitrogens is 5. The van der Waals surface area contributed by atoms with Crippen LogP contribution in [0.2, 0.25) is 0 Å². The van der Waals surface area contributed by atoms with Crippen molar-refractivity contribution < 1.29 is 0 Å². The molecule has 0 amide bonds. The van der Waals surface area contributed by atoms with E-state index in [4.69, 9.17) is 0 Å². The number of rotatable bonds is 3. The summed E-state index contributed by atoms with van der Waals surface area (Å²) < 4.78 is 1.88. The van der Waals surface area contributed by atoms with Gasteiger partial charge in [-0.15, -0.1) is 0 Å². The molecule has 1 fully saturated rings. The van der Waals surface area contributed by atoms with Crippen LogP contribution in [0.5, 0.6) is 0 Å². The summed E-state index contributed by atoms with van der Waals surface area (Å²) in [7, 11) is 0. The third kappa shape index (κ3) is 1.74. The van der Waals surface area contributed by atoms with Gasteiger partial charge in [0.25, 0.3) is 0 Å². The molecule has 104 valence electrons. The number of fused-ring (bicyclic) bond motifs is 1. The maximum atomic E-state index is 9.31. The molecule has 1 saturated carbocycles. The Balaban J connectivity index is 1.75. The zero-order chi connectivity index (χ0) is 14.4. The second kappa shape index (κ2) is 4.16. The summed E-state index contributed by atoms with van der Waals surface area (Å²) in [6.07, 6.45) is 9.08. The van der Waals surface area contributed by atoms with E-state index in [0.29, 0.717) is 0 Å². The average molecular weight is 278 g/mol. The molecule has 0 aliphatic heterocycles. The van der Waals surface area contributed by atoms with Gasteiger partial charge < -0.3 is 4.98 Å². The molecule has 0 spiro atoms. The Bertz CT molecular complexity index is 848. The highest BCUT2D eigenvalue weighted by atomic mass is 15.3. The van der Waals surface area contributed by atoms with Crippen LogP contribution in [0, 0.1) is 16.7 Å². The maximum Gasteiger partial charge on any atom is 0.141 e. The van der Waals surface area contributed by atoms with Crippen molar-refractivity contribution in [2.24, 2.45) is 5.41 Å². The number of aromatic amines is 1. The normalized spacial score (nSPS) is 17.5. The topological polar surface area (TPSA) is 83.2 Å². The van der Waals surface area contributed by atoms with E-state index >= 15 is 0 Å². The Hall–Kier alpha value is -2.68. The second-order valence-electron chi connectivity index (χ2n) is 5.62. The van der Waals surface area contributed by atoms with Crippen molar-refractivity contribution in [3.05, 3.63) is 31.0 Å². The predicted octanol–water partition coefficient (Wildman–Crippen LogP) is 2.69. The van der Waals surface area contributed by atoms with E-state index < -0.39 is 0 Å². The van der Waals surface area contributed by atoms with Crippen LogP contribution in [-0.4, -0.2) is 24.7 Å². The SMILES string of the molecule is CC(n1cc(-c2ncnc3[nH]ccc23)cn1)C1(C#N)CC1. The molecule has 6 nitrogen and oxygen atoms in total. The lowest BCUT2D eigenvalue weighted by Crippen LogP contribution is -2.16. The van der Waals surface area contributed by atoms with Gasteiger partial charge in [-0.05, 0) is 25.8 Å². The fourth-order valence-electron chi connectivity index (χ4n) is 2.79. The van der Waals surface area contributed by atoms with Gasteiger partial charge in [0.1, 0.15) is 12.0 Å². The summed E-state index contributed by atoms with van der Waals surface area (Å²) in [6, 6.07) is 4.48. The van der Waals surface area contributed by atoms with Crippen molar-refractivity contribution in [2.45, 2.75) is 25.8 Å². The lowest BCUT2D eigenvalue weighted by atomic mass is 10.0. The molecule has 3 aromatic rings. The fraction of sp³-hybridized carbons (Fsp3) is 0.333. The first kappa shape index (κ1) is 12.1. The molecule has 6 heteroatoms. The molecule has 3 aromatic heterocycles. The highest BCUT2D eigenvalue weighted by Gasteiger charge is 2.49. The largest absolute Gasteiger partial charge is 0.346 e. The van der Waals surface area contributed by atoms with Crippen LogP contribution in [0.15, 0.2) is 31.0 Å². The molecule has 1 aliphatic rings. The van der Waals surface area contributed by atoms with Crippen molar-refractivity contribution in [3.8, 4) is 17.3 Å². The van der Waals surface area contributed by atoms with Crippen LogP contribution >= 0.6 is 0 Å². The van der Waals surface area contributed by atoms with Crippen molar-refractivity contribution >= 4 is 11.0 Å². The van der Waals surface area contributed by atoms with Gasteiger partial charge in [-0.25, -0.2) is 9.97 Å². The summed E-state index contributed by atoms with van der Waals surface area (Å²) in [5.41, 5.74) is 2.39. The summed E-state index contributed by atoms with van der Waals surface area (Å²) in [6.45, 7) is 2.05. The standard InChI is InChI=1S/C15H14N6/c1-10(15(8-16)3-4-15)21-7-11(6-20-21)13-12-2-5-17-14(12)19-9-18-13/h2,5-7,9-10H,3-4H2,1H3,(H,17,18,19). The van der Waals surface area contributed by atoms with Gasteiger partial charge >= 0.3 is 0 Å². The molecule has 0 aromatic carbocycles. The Morgan fingerprint density at radius 2 is 2.29 bits per heavy atom. The Morgan fingerprint density at radius 1 is 1.43 bits per heavy atom. The maximum absolute atomic E-state index is 9.31. The molecule has 1 unspecified atom stereocenters. The summed E-state index contributed by atoms with van der Waals surface area (Å²) >= 11 is 0. The van der Waals surface area contributed by atoms with Crippen LogP contribution in [0.4, 0.5) is 0 Å². The fourth-order valence-corrected chi connectivity index (χ4v) is 2.79. The Morgan fingerprint density at radius 3 is 3.05 bits per heavy atom. The van der Waals surface area contributed by atoms with E-state index in [1.54, 1.807) is 12.5 Å². The predicted molar refractivity (Wildman–Crippen MR) is 77.1 cm³/mol. The first-order valence-corrected chi connectivity index (χ1v) is 6.97. The van der Waals surface area contributed by atoms with Gasteiger partial charge in [0.05, 0.1) is 29.4 Å². The molecular weight excluding hydrogens is 264 g/mol. The smallest absolute Gasteiger partial charge is 0.141 e. The molecule has 1 atom stereocenters. The number of hydrogen-bond acceptors (Lipinski definition) is 4. The van der Waals surface area contributed by atoms with E-state index in [1.165, 1.54) is 0 Å².